The quantitative estimate of drug-likeness (QED) is 0.172. The van der Waals surface area contributed by atoms with Crippen LogP contribution in [0, 0.1) is 0 Å². The Morgan fingerprint density at radius 2 is 0.945 bits per heavy atom. The number of aromatic nitrogens is 5. The second-order valence-electron chi connectivity index (χ2n) is 21.8. The largest absolute Gasteiger partial charge is 0.455 e. The molecule has 6 heteroatoms. The Labute approximate surface area is 424 Å². The van der Waals surface area contributed by atoms with Crippen LogP contribution in [-0.4, -0.2) is 24.5 Å². The molecule has 3 heterocycles. The van der Waals surface area contributed by atoms with Gasteiger partial charge in [0.2, 0.25) is 0 Å². The van der Waals surface area contributed by atoms with Gasteiger partial charge in [-0.1, -0.05) is 187 Å². The van der Waals surface area contributed by atoms with Crippen molar-refractivity contribution in [2.75, 3.05) is 0 Å². The first kappa shape index (κ1) is 43.1. The van der Waals surface area contributed by atoms with Crippen LogP contribution in [0.25, 0.3) is 106 Å². The van der Waals surface area contributed by atoms with Crippen molar-refractivity contribution >= 4 is 33.0 Å². The lowest BCUT2D eigenvalue weighted by Crippen LogP contribution is -2.27. The van der Waals surface area contributed by atoms with Gasteiger partial charge in [0, 0.05) is 33.2 Å². The molecule has 0 saturated heterocycles. The molecule has 0 fully saturated rings. The molecule has 0 saturated carbocycles. The normalized spacial score (nSPS) is 13.5. The Balaban J connectivity index is 0.994. The van der Waals surface area contributed by atoms with Crippen molar-refractivity contribution in [1.29, 1.82) is 0 Å². The molecule has 0 amide bonds. The number of para-hydroxylation sites is 4. The van der Waals surface area contributed by atoms with Crippen molar-refractivity contribution in [3.8, 4) is 73.5 Å². The number of imidazole rings is 1. The Morgan fingerprint density at radius 3 is 1.67 bits per heavy atom. The molecule has 3 aromatic heterocycles. The van der Waals surface area contributed by atoms with Gasteiger partial charge in [0.15, 0.2) is 17.5 Å². The van der Waals surface area contributed by atoms with E-state index in [1.54, 1.807) is 0 Å². The van der Waals surface area contributed by atoms with Crippen LogP contribution in [0.4, 0.5) is 0 Å². The Kier molecular flexibility index (Phi) is 9.22. The first-order chi connectivity index (χ1) is 35.4. The van der Waals surface area contributed by atoms with E-state index in [2.05, 4.69) is 222 Å². The first-order valence-electron chi connectivity index (χ1n) is 25.3. The molecular formula is C67H51N5O. The summed E-state index contributed by atoms with van der Waals surface area (Å²) in [4.78, 5) is 21.3. The summed E-state index contributed by atoms with van der Waals surface area (Å²) in [5, 5.41) is 2.07. The number of benzene rings is 9. The predicted octanol–water partition coefficient (Wildman–Crippen LogP) is 16.7. The summed E-state index contributed by atoms with van der Waals surface area (Å²) in [6, 6.07) is 71.9. The molecule has 73 heavy (non-hydrogen) atoms. The average Bonchev–Trinajstić information content (AvgIpc) is 4.16. The smallest absolute Gasteiger partial charge is 0.167 e. The van der Waals surface area contributed by atoms with Crippen LogP contribution in [0.15, 0.2) is 205 Å². The molecule has 0 atom stereocenters. The fourth-order valence-electron chi connectivity index (χ4n) is 11.8. The fraction of sp³-hybridized carbons (Fsp3) is 0.134. The van der Waals surface area contributed by atoms with Crippen LogP contribution in [0.1, 0.15) is 74.9 Å². The summed E-state index contributed by atoms with van der Waals surface area (Å²) in [5.41, 5.74) is 20.3. The highest BCUT2D eigenvalue weighted by Gasteiger charge is 2.52. The van der Waals surface area contributed by atoms with E-state index in [9.17, 15) is 0 Å². The lowest BCUT2D eigenvalue weighted by molar-refractivity contribution is 0.586. The SMILES string of the molecule is CC(C)(C)c1ccc2c(c1)C1(c3ccccc3-c3ccc(-c4nc(-c5ccc(-n6c(-c7ccccc7)nc7ccccc76)cc5)nc(-c5cccc6c5oc5ccccc56)n4)cc31)c1cc(C(C)(C)C)ccc1-2. The summed E-state index contributed by atoms with van der Waals surface area (Å²) in [6.07, 6.45) is 0. The van der Waals surface area contributed by atoms with Crippen LogP contribution in [0.5, 0.6) is 0 Å². The summed E-state index contributed by atoms with van der Waals surface area (Å²) in [5.74, 6) is 2.58. The zero-order valence-corrected chi connectivity index (χ0v) is 41.7. The average molecular weight is 942 g/mol. The third-order valence-electron chi connectivity index (χ3n) is 15.4. The van der Waals surface area contributed by atoms with E-state index < -0.39 is 5.41 Å². The monoisotopic (exact) mass is 941 g/mol. The van der Waals surface area contributed by atoms with Gasteiger partial charge in [-0.2, -0.15) is 0 Å². The summed E-state index contributed by atoms with van der Waals surface area (Å²) in [7, 11) is 0. The van der Waals surface area contributed by atoms with Gasteiger partial charge >= 0.3 is 0 Å². The van der Waals surface area contributed by atoms with E-state index >= 15 is 0 Å². The molecular weight excluding hydrogens is 891 g/mol. The van der Waals surface area contributed by atoms with Gasteiger partial charge in [0.1, 0.15) is 17.0 Å². The minimum absolute atomic E-state index is 0.0559. The molecule has 0 aliphatic heterocycles. The third-order valence-corrected chi connectivity index (χ3v) is 15.4. The Hall–Kier alpha value is -8.74. The topological polar surface area (TPSA) is 69.6 Å². The van der Waals surface area contributed by atoms with Gasteiger partial charge in [0.05, 0.1) is 22.0 Å². The number of hydrogen-bond donors (Lipinski definition) is 0. The number of fused-ring (bicyclic) bond motifs is 14. The molecule has 0 bridgehead atoms. The third kappa shape index (κ3) is 6.49. The molecule has 0 N–H and O–H groups in total. The Morgan fingerprint density at radius 1 is 0.397 bits per heavy atom. The summed E-state index contributed by atoms with van der Waals surface area (Å²) >= 11 is 0. The number of furan rings is 1. The Bertz CT molecular complexity index is 4160. The van der Waals surface area contributed by atoms with Crippen molar-refractivity contribution in [3.63, 3.8) is 0 Å². The van der Waals surface area contributed by atoms with Gasteiger partial charge in [-0.15, -0.1) is 0 Å². The molecule has 1 spiro atoms. The first-order valence-corrected chi connectivity index (χ1v) is 25.3. The second kappa shape index (κ2) is 15.6. The molecule has 2 aliphatic carbocycles. The number of hydrogen-bond acceptors (Lipinski definition) is 5. The van der Waals surface area contributed by atoms with Crippen molar-refractivity contribution in [3.05, 3.63) is 234 Å². The van der Waals surface area contributed by atoms with E-state index in [-0.39, 0.29) is 10.8 Å². The standard InChI is InChI=1S/C67H51N5O/c1-65(2,3)43-30-35-48-49-36-31-44(66(4,5)6)39-56(49)67(55(48)38-43)53-23-12-10-19-46(53)47-34-29-42(37-54(47)67)62-69-61(70-63(71-62)52-22-16-21-51-50-20-11-15-26-59(50)73-60(51)52)40-27-32-45(33-28-40)72-58-25-14-13-24-57(58)68-64(72)41-17-8-7-9-18-41/h7-39H,1-6H3. The zero-order chi connectivity index (χ0) is 49.4. The molecule has 6 nitrogen and oxygen atoms in total. The second-order valence-corrected chi connectivity index (χ2v) is 21.8. The van der Waals surface area contributed by atoms with E-state index in [0.29, 0.717) is 17.5 Å². The van der Waals surface area contributed by atoms with Crippen molar-refractivity contribution in [2.45, 2.75) is 57.8 Å². The van der Waals surface area contributed by atoms with Crippen LogP contribution >= 0.6 is 0 Å². The van der Waals surface area contributed by atoms with Crippen LogP contribution in [0.2, 0.25) is 0 Å². The van der Waals surface area contributed by atoms with Crippen molar-refractivity contribution < 1.29 is 4.42 Å². The molecule has 0 unspecified atom stereocenters. The summed E-state index contributed by atoms with van der Waals surface area (Å²) < 4.78 is 8.88. The van der Waals surface area contributed by atoms with Gasteiger partial charge in [0.25, 0.3) is 0 Å². The van der Waals surface area contributed by atoms with E-state index in [4.69, 9.17) is 24.4 Å². The maximum Gasteiger partial charge on any atom is 0.167 e. The number of nitrogens with zero attached hydrogens (tertiary/aromatic N) is 5. The van der Waals surface area contributed by atoms with Gasteiger partial charge in [-0.05, 0) is 121 Å². The van der Waals surface area contributed by atoms with Crippen LogP contribution in [0.3, 0.4) is 0 Å². The van der Waals surface area contributed by atoms with Crippen molar-refractivity contribution in [1.82, 2.24) is 24.5 Å². The van der Waals surface area contributed by atoms with Gasteiger partial charge in [-0.3, -0.25) is 4.57 Å². The lowest BCUT2D eigenvalue weighted by atomic mass is 9.68. The highest BCUT2D eigenvalue weighted by atomic mass is 16.3. The minimum atomic E-state index is -0.584. The van der Waals surface area contributed by atoms with Crippen LogP contribution in [-0.2, 0) is 16.2 Å². The predicted molar refractivity (Wildman–Crippen MR) is 297 cm³/mol. The summed E-state index contributed by atoms with van der Waals surface area (Å²) in [6.45, 7) is 13.9. The molecule has 0 radical (unpaired) electrons. The number of rotatable bonds is 5. The molecule has 9 aromatic carbocycles. The zero-order valence-electron chi connectivity index (χ0n) is 41.7. The maximum absolute atomic E-state index is 6.65. The molecule has 2 aliphatic rings. The highest BCUT2D eigenvalue weighted by molar-refractivity contribution is 6.09. The van der Waals surface area contributed by atoms with Gasteiger partial charge < -0.3 is 4.42 Å². The molecule has 14 rings (SSSR count). The van der Waals surface area contributed by atoms with Crippen molar-refractivity contribution in [2.24, 2.45) is 0 Å². The van der Waals surface area contributed by atoms with E-state index in [1.165, 1.54) is 55.6 Å². The van der Waals surface area contributed by atoms with Gasteiger partial charge in [-0.25, -0.2) is 19.9 Å². The highest BCUT2D eigenvalue weighted by Crippen LogP contribution is 2.64. The van der Waals surface area contributed by atoms with E-state index in [0.717, 1.165) is 66.7 Å². The van der Waals surface area contributed by atoms with E-state index in [1.807, 2.05) is 24.3 Å². The molecule has 12 aromatic rings. The molecule has 350 valence electrons. The fourth-order valence-corrected chi connectivity index (χ4v) is 11.8. The minimum Gasteiger partial charge on any atom is -0.455 e. The van der Waals surface area contributed by atoms with Crippen LogP contribution < -0.4 is 0 Å². The maximum atomic E-state index is 6.65. The lowest BCUT2D eigenvalue weighted by Gasteiger charge is -2.33.